The Morgan fingerprint density at radius 2 is 1.82 bits per heavy atom. The zero-order valence-electron chi connectivity index (χ0n) is 13.4. The first kappa shape index (κ1) is 15.3. The van der Waals surface area contributed by atoms with Gasteiger partial charge in [0.25, 0.3) is 0 Å². The molecule has 2 fully saturated rings. The van der Waals surface area contributed by atoms with E-state index in [1.54, 1.807) is 0 Å². The van der Waals surface area contributed by atoms with Crippen molar-refractivity contribution in [3.05, 3.63) is 30.3 Å². The summed E-state index contributed by atoms with van der Waals surface area (Å²) in [5, 5.41) is 0. The van der Waals surface area contributed by atoms with Gasteiger partial charge in [-0.3, -0.25) is 4.79 Å². The van der Waals surface area contributed by atoms with E-state index in [-0.39, 0.29) is 12.0 Å². The second kappa shape index (κ2) is 6.69. The summed E-state index contributed by atoms with van der Waals surface area (Å²) in [6.07, 6.45) is 4.96. The summed E-state index contributed by atoms with van der Waals surface area (Å²) in [6, 6.07) is 11.3. The van der Waals surface area contributed by atoms with Crippen LogP contribution in [0.1, 0.15) is 32.1 Å². The number of nitrogens with zero attached hydrogens (tertiary/aromatic N) is 2. The van der Waals surface area contributed by atoms with E-state index in [1.165, 1.54) is 5.69 Å². The van der Waals surface area contributed by atoms with Crippen LogP contribution in [0.3, 0.4) is 0 Å². The minimum atomic E-state index is 0.179. The van der Waals surface area contributed by atoms with Crippen molar-refractivity contribution in [3.63, 3.8) is 0 Å². The number of piperidine rings is 1. The van der Waals surface area contributed by atoms with Gasteiger partial charge in [0.2, 0.25) is 5.91 Å². The lowest BCUT2D eigenvalue weighted by atomic mass is 9.99. The average molecular weight is 301 g/mol. The Kier molecular flexibility index (Phi) is 4.67. The normalized spacial score (nSPS) is 26.2. The predicted octanol–water partition coefficient (Wildman–Crippen LogP) is 2.24. The Balaban J connectivity index is 1.53. The van der Waals surface area contributed by atoms with Gasteiger partial charge in [0.05, 0.1) is 0 Å². The van der Waals surface area contributed by atoms with Gasteiger partial charge >= 0.3 is 0 Å². The van der Waals surface area contributed by atoms with Crippen LogP contribution in [0.4, 0.5) is 5.69 Å². The Bertz CT molecular complexity index is 496. The molecule has 1 aromatic carbocycles. The molecule has 2 aliphatic rings. The first-order chi connectivity index (χ1) is 10.6. The molecule has 2 N–H and O–H groups in total. The fraction of sp³-hybridized carbons (Fsp3) is 0.611. The third-order valence-electron chi connectivity index (χ3n) is 5.31. The molecule has 22 heavy (non-hydrogen) atoms. The number of para-hydroxylation sites is 1. The number of anilines is 1. The van der Waals surface area contributed by atoms with E-state index in [0.29, 0.717) is 11.9 Å². The highest BCUT2D eigenvalue weighted by Crippen LogP contribution is 2.28. The van der Waals surface area contributed by atoms with Crippen molar-refractivity contribution in [2.75, 3.05) is 25.0 Å². The highest BCUT2D eigenvalue weighted by atomic mass is 16.2. The molecule has 0 radical (unpaired) electrons. The van der Waals surface area contributed by atoms with Crippen molar-refractivity contribution in [2.45, 2.75) is 44.2 Å². The highest BCUT2D eigenvalue weighted by molar-refractivity contribution is 5.79. The molecule has 1 heterocycles. The first-order valence-corrected chi connectivity index (χ1v) is 8.47. The molecule has 0 bridgehead atoms. The van der Waals surface area contributed by atoms with Gasteiger partial charge in [-0.15, -0.1) is 0 Å². The number of nitrogens with two attached hydrogens (primary N) is 1. The van der Waals surface area contributed by atoms with E-state index in [4.69, 9.17) is 5.73 Å². The number of likely N-dealkylation sites (tertiary alicyclic amines) is 1. The van der Waals surface area contributed by atoms with Crippen molar-refractivity contribution >= 4 is 11.6 Å². The van der Waals surface area contributed by atoms with Crippen LogP contribution in [0.15, 0.2) is 30.3 Å². The summed E-state index contributed by atoms with van der Waals surface area (Å²) in [5.41, 5.74) is 7.20. The molecule has 2 atom stereocenters. The van der Waals surface area contributed by atoms with Crippen LogP contribution >= 0.6 is 0 Å². The molecule has 1 aliphatic carbocycles. The van der Waals surface area contributed by atoms with Crippen molar-refractivity contribution in [1.29, 1.82) is 0 Å². The summed E-state index contributed by atoms with van der Waals surface area (Å²) in [4.78, 5) is 17.0. The molecule has 3 rings (SSSR count). The van der Waals surface area contributed by atoms with Crippen LogP contribution in [0, 0.1) is 5.92 Å². The molecule has 0 aromatic heterocycles. The Morgan fingerprint density at radius 3 is 2.41 bits per heavy atom. The van der Waals surface area contributed by atoms with Crippen molar-refractivity contribution < 1.29 is 4.79 Å². The smallest absolute Gasteiger partial charge is 0.225 e. The van der Waals surface area contributed by atoms with Crippen LogP contribution in [-0.4, -0.2) is 43.0 Å². The van der Waals surface area contributed by atoms with Gasteiger partial charge < -0.3 is 15.5 Å². The molecular formula is C18H27N3O. The molecule has 1 aliphatic heterocycles. The summed E-state index contributed by atoms with van der Waals surface area (Å²) in [5.74, 6) is 0.521. The summed E-state index contributed by atoms with van der Waals surface area (Å²) in [7, 11) is 2.16. The maximum Gasteiger partial charge on any atom is 0.225 e. The SMILES string of the molecule is CN(c1ccccc1)C1CCN(C(=O)C2CCC(N)C2)CC1. The van der Waals surface area contributed by atoms with Crippen LogP contribution < -0.4 is 10.6 Å². The molecule has 1 saturated heterocycles. The topological polar surface area (TPSA) is 49.6 Å². The van der Waals surface area contributed by atoms with Crippen LogP contribution in [0.2, 0.25) is 0 Å². The summed E-state index contributed by atoms with van der Waals surface area (Å²) < 4.78 is 0. The van der Waals surface area contributed by atoms with Crippen LogP contribution in [-0.2, 0) is 4.79 Å². The third-order valence-corrected chi connectivity index (χ3v) is 5.31. The van der Waals surface area contributed by atoms with E-state index in [1.807, 2.05) is 6.07 Å². The number of hydrogen-bond donors (Lipinski definition) is 1. The first-order valence-electron chi connectivity index (χ1n) is 8.47. The highest BCUT2D eigenvalue weighted by Gasteiger charge is 2.33. The predicted molar refractivity (Wildman–Crippen MR) is 89.8 cm³/mol. The zero-order chi connectivity index (χ0) is 15.5. The maximum absolute atomic E-state index is 12.5. The lowest BCUT2D eigenvalue weighted by molar-refractivity contribution is -0.136. The number of carbonyl (C=O) groups is 1. The minimum absolute atomic E-state index is 0.179. The largest absolute Gasteiger partial charge is 0.371 e. The number of hydrogen-bond acceptors (Lipinski definition) is 3. The molecule has 4 heteroatoms. The number of carbonyl (C=O) groups excluding carboxylic acids is 1. The maximum atomic E-state index is 12.5. The second-order valence-corrected chi connectivity index (χ2v) is 6.77. The zero-order valence-corrected chi connectivity index (χ0v) is 13.4. The molecule has 4 nitrogen and oxygen atoms in total. The van der Waals surface area contributed by atoms with Crippen molar-refractivity contribution in [3.8, 4) is 0 Å². The average Bonchev–Trinajstić information content (AvgIpc) is 3.01. The van der Waals surface area contributed by atoms with E-state index >= 15 is 0 Å². The van der Waals surface area contributed by atoms with Gasteiger partial charge in [-0.05, 0) is 44.2 Å². The van der Waals surface area contributed by atoms with E-state index in [9.17, 15) is 4.79 Å². The molecule has 120 valence electrons. The van der Waals surface area contributed by atoms with Gasteiger partial charge in [0, 0.05) is 43.8 Å². The van der Waals surface area contributed by atoms with Crippen LogP contribution in [0.25, 0.3) is 0 Å². The van der Waals surface area contributed by atoms with Crippen molar-refractivity contribution in [1.82, 2.24) is 4.90 Å². The fourth-order valence-electron chi connectivity index (χ4n) is 3.85. The van der Waals surface area contributed by atoms with Gasteiger partial charge in [-0.25, -0.2) is 0 Å². The lowest BCUT2D eigenvalue weighted by Crippen LogP contribution is -2.47. The molecule has 2 unspecified atom stereocenters. The third kappa shape index (κ3) is 3.27. The Hall–Kier alpha value is -1.55. The van der Waals surface area contributed by atoms with Gasteiger partial charge in [-0.2, -0.15) is 0 Å². The van der Waals surface area contributed by atoms with Gasteiger partial charge in [-0.1, -0.05) is 18.2 Å². The van der Waals surface area contributed by atoms with Gasteiger partial charge in [0.15, 0.2) is 0 Å². The Morgan fingerprint density at radius 1 is 1.14 bits per heavy atom. The monoisotopic (exact) mass is 301 g/mol. The number of amides is 1. The summed E-state index contributed by atoms with van der Waals surface area (Å²) >= 11 is 0. The molecule has 0 spiro atoms. The molecule has 1 amide bonds. The summed E-state index contributed by atoms with van der Waals surface area (Å²) in [6.45, 7) is 1.76. The second-order valence-electron chi connectivity index (χ2n) is 6.77. The minimum Gasteiger partial charge on any atom is -0.371 e. The number of rotatable bonds is 3. The Labute approximate surface area is 133 Å². The van der Waals surface area contributed by atoms with E-state index in [0.717, 1.165) is 45.2 Å². The standard InChI is InChI=1S/C18H27N3O/c1-20(16-5-3-2-4-6-16)17-9-11-21(12-10-17)18(22)14-7-8-15(19)13-14/h2-6,14-15,17H,7-13,19H2,1H3. The molecule has 1 aromatic rings. The lowest BCUT2D eigenvalue weighted by Gasteiger charge is -2.38. The van der Waals surface area contributed by atoms with Crippen LogP contribution in [0.5, 0.6) is 0 Å². The molecular weight excluding hydrogens is 274 g/mol. The molecule has 1 saturated carbocycles. The number of benzene rings is 1. The van der Waals surface area contributed by atoms with Gasteiger partial charge in [0.1, 0.15) is 0 Å². The van der Waals surface area contributed by atoms with Crippen molar-refractivity contribution in [2.24, 2.45) is 11.7 Å². The fourth-order valence-corrected chi connectivity index (χ4v) is 3.85. The van der Waals surface area contributed by atoms with E-state index in [2.05, 4.69) is 41.1 Å². The quantitative estimate of drug-likeness (QED) is 0.931. The van der Waals surface area contributed by atoms with E-state index < -0.39 is 0 Å².